The van der Waals surface area contributed by atoms with Crippen molar-refractivity contribution in [3.8, 4) is 10.4 Å². The Labute approximate surface area is 126 Å². The molecule has 1 aliphatic heterocycles. The standard InChI is InChI=1S/C18H23NS/c1-13(2)15-11-19(3)12-16(15)18-10-9-17(20-18)14-7-5-4-6-8-14/h4-10,13,15-16H,11-12H2,1-3H3. The van der Waals surface area contributed by atoms with Crippen LogP contribution in [-0.2, 0) is 0 Å². The maximum atomic E-state index is 2.48. The number of thiophene rings is 1. The van der Waals surface area contributed by atoms with E-state index in [9.17, 15) is 0 Å². The number of hydrogen-bond acceptors (Lipinski definition) is 2. The van der Waals surface area contributed by atoms with Gasteiger partial charge in [0.15, 0.2) is 0 Å². The molecule has 0 radical (unpaired) electrons. The van der Waals surface area contributed by atoms with Gasteiger partial charge in [0.05, 0.1) is 0 Å². The number of nitrogens with zero attached hydrogens (tertiary/aromatic N) is 1. The fourth-order valence-electron chi connectivity index (χ4n) is 3.32. The molecule has 2 unspecified atom stereocenters. The summed E-state index contributed by atoms with van der Waals surface area (Å²) in [5.74, 6) is 2.26. The molecule has 20 heavy (non-hydrogen) atoms. The van der Waals surface area contributed by atoms with E-state index < -0.39 is 0 Å². The zero-order valence-electron chi connectivity index (χ0n) is 12.5. The van der Waals surface area contributed by atoms with E-state index in [1.165, 1.54) is 23.5 Å². The van der Waals surface area contributed by atoms with Crippen molar-refractivity contribution >= 4 is 11.3 Å². The van der Waals surface area contributed by atoms with Crippen LogP contribution in [0.15, 0.2) is 42.5 Å². The molecule has 0 saturated carbocycles. The third-order valence-electron chi connectivity index (χ3n) is 4.45. The summed E-state index contributed by atoms with van der Waals surface area (Å²) >= 11 is 1.98. The van der Waals surface area contributed by atoms with Crippen molar-refractivity contribution < 1.29 is 0 Å². The van der Waals surface area contributed by atoms with E-state index in [1.54, 1.807) is 4.88 Å². The van der Waals surface area contributed by atoms with Crippen LogP contribution >= 0.6 is 11.3 Å². The van der Waals surface area contributed by atoms with Crippen LogP contribution < -0.4 is 0 Å². The Kier molecular flexibility index (Phi) is 3.95. The predicted octanol–water partition coefficient (Wildman–Crippen LogP) is 4.72. The molecule has 0 amide bonds. The van der Waals surface area contributed by atoms with E-state index in [2.05, 4.69) is 68.3 Å². The highest BCUT2D eigenvalue weighted by Crippen LogP contribution is 2.41. The fourth-order valence-corrected chi connectivity index (χ4v) is 4.50. The number of likely N-dealkylation sites (tertiary alicyclic amines) is 1. The van der Waals surface area contributed by atoms with Crippen molar-refractivity contribution in [2.45, 2.75) is 19.8 Å². The van der Waals surface area contributed by atoms with E-state index in [-0.39, 0.29) is 0 Å². The lowest BCUT2D eigenvalue weighted by Crippen LogP contribution is -2.17. The van der Waals surface area contributed by atoms with Gasteiger partial charge in [0.25, 0.3) is 0 Å². The Morgan fingerprint density at radius 2 is 1.80 bits per heavy atom. The van der Waals surface area contributed by atoms with Crippen molar-refractivity contribution in [1.29, 1.82) is 0 Å². The molecule has 1 saturated heterocycles. The van der Waals surface area contributed by atoms with Crippen LogP contribution in [0.3, 0.4) is 0 Å². The molecular formula is C18H23NS. The minimum absolute atomic E-state index is 0.711. The predicted molar refractivity (Wildman–Crippen MR) is 88.3 cm³/mol. The maximum absolute atomic E-state index is 2.48. The molecule has 1 aromatic carbocycles. The van der Waals surface area contributed by atoms with Gasteiger partial charge >= 0.3 is 0 Å². The zero-order chi connectivity index (χ0) is 14.1. The minimum atomic E-state index is 0.711. The Morgan fingerprint density at radius 1 is 1.05 bits per heavy atom. The van der Waals surface area contributed by atoms with Crippen LogP contribution in [0, 0.1) is 11.8 Å². The fraction of sp³-hybridized carbons (Fsp3) is 0.444. The average Bonchev–Trinajstić information content (AvgIpc) is 3.06. The first-order chi connectivity index (χ1) is 9.65. The lowest BCUT2D eigenvalue weighted by atomic mass is 9.85. The quantitative estimate of drug-likeness (QED) is 0.789. The van der Waals surface area contributed by atoms with Crippen molar-refractivity contribution in [3.63, 3.8) is 0 Å². The summed E-state index contributed by atoms with van der Waals surface area (Å²) in [7, 11) is 2.25. The van der Waals surface area contributed by atoms with Gasteiger partial charge in [-0.25, -0.2) is 0 Å². The first-order valence-corrected chi connectivity index (χ1v) is 8.30. The summed E-state index contributed by atoms with van der Waals surface area (Å²) in [5.41, 5.74) is 1.34. The average molecular weight is 285 g/mol. The third-order valence-corrected chi connectivity index (χ3v) is 5.72. The van der Waals surface area contributed by atoms with Gasteiger partial charge in [0.2, 0.25) is 0 Å². The second-order valence-electron chi connectivity index (χ2n) is 6.30. The summed E-state index contributed by atoms with van der Waals surface area (Å²) in [6.45, 7) is 7.17. The molecule has 1 aromatic heterocycles. The van der Waals surface area contributed by atoms with Crippen LogP contribution in [0.1, 0.15) is 24.6 Å². The van der Waals surface area contributed by atoms with Gasteiger partial charge in [-0.3, -0.25) is 0 Å². The van der Waals surface area contributed by atoms with E-state index in [4.69, 9.17) is 0 Å². The van der Waals surface area contributed by atoms with Gasteiger partial charge in [0.1, 0.15) is 0 Å². The topological polar surface area (TPSA) is 3.24 Å². The molecule has 1 nitrogen and oxygen atoms in total. The number of likely N-dealkylation sites (N-methyl/N-ethyl adjacent to an activating group) is 1. The Bertz CT molecular complexity index is 558. The molecule has 0 N–H and O–H groups in total. The summed E-state index contributed by atoms with van der Waals surface area (Å²) in [6, 6.07) is 15.4. The lowest BCUT2D eigenvalue weighted by Gasteiger charge is -2.20. The summed E-state index contributed by atoms with van der Waals surface area (Å²) < 4.78 is 0. The molecule has 3 rings (SSSR count). The van der Waals surface area contributed by atoms with Gasteiger partial charge in [-0.05, 0) is 36.6 Å². The molecule has 0 spiro atoms. The second kappa shape index (κ2) is 5.71. The van der Waals surface area contributed by atoms with E-state index in [0.29, 0.717) is 5.92 Å². The Balaban J connectivity index is 1.86. The Morgan fingerprint density at radius 3 is 2.50 bits per heavy atom. The maximum Gasteiger partial charge on any atom is 0.0345 e. The molecule has 1 fully saturated rings. The highest BCUT2D eigenvalue weighted by Gasteiger charge is 2.34. The van der Waals surface area contributed by atoms with Crippen molar-refractivity contribution in [3.05, 3.63) is 47.3 Å². The molecule has 2 atom stereocenters. The van der Waals surface area contributed by atoms with Crippen LogP contribution in [-0.4, -0.2) is 25.0 Å². The lowest BCUT2D eigenvalue weighted by molar-refractivity contribution is 0.345. The molecular weight excluding hydrogens is 262 g/mol. The monoisotopic (exact) mass is 285 g/mol. The minimum Gasteiger partial charge on any atom is -0.305 e. The van der Waals surface area contributed by atoms with Gasteiger partial charge in [0, 0.05) is 28.8 Å². The summed E-state index contributed by atoms with van der Waals surface area (Å²) in [4.78, 5) is 5.45. The molecule has 2 heterocycles. The van der Waals surface area contributed by atoms with Gasteiger partial charge in [-0.1, -0.05) is 44.2 Å². The SMILES string of the molecule is CC(C)C1CN(C)CC1c1ccc(-c2ccccc2)s1. The first kappa shape index (κ1) is 13.8. The van der Waals surface area contributed by atoms with Crippen LogP contribution in [0.25, 0.3) is 10.4 Å². The van der Waals surface area contributed by atoms with Crippen LogP contribution in [0.5, 0.6) is 0 Å². The molecule has 106 valence electrons. The molecule has 2 aromatic rings. The van der Waals surface area contributed by atoms with E-state index in [0.717, 1.165) is 11.8 Å². The highest BCUT2D eigenvalue weighted by molar-refractivity contribution is 7.15. The van der Waals surface area contributed by atoms with E-state index in [1.807, 2.05) is 11.3 Å². The van der Waals surface area contributed by atoms with Gasteiger partial charge < -0.3 is 4.90 Å². The molecule has 0 aliphatic carbocycles. The normalized spacial score (nSPS) is 23.6. The number of benzene rings is 1. The van der Waals surface area contributed by atoms with Gasteiger partial charge in [-0.2, -0.15) is 0 Å². The van der Waals surface area contributed by atoms with Crippen molar-refractivity contribution in [2.24, 2.45) is 11.8 Å². The third kappa shape index (κ3) is 2.68. The molecule has 1 aliphatic rings. The Hall–Kier alpha value is -1.12. The van der Waals surface area contributed by atoms with Crippen molar-refractivity contribution in [1.82, 2.24) is 4.90 Å². The van der Waals surface area contributed by atoms with Crippen LogP contribution in [0.2, 0.25) is 0 Å². The first-order valence-electron chi connectivity index (χ1n) is 7.49. The summed E-state index contributed by atoms with van der Waals surface area (Å²) in [6.07, 6.45) is 0. The van der Waals surface area contributed by atoms with Crippen LogP contribution in [0.4, 0.5) is 0 Å². The smallest absolute Gasteiger partial charge is 0.0345 e. The summed E-state index contributed by atoms with van der Waals surface area (Å²) in [5, 5.41) is 0. The van der Waals surface area contributed by atoms with E-state index >= 15 is 0 Å². The zero-order valence-corrected chi connectivity index (χ0v) is 13.4. The van der Waals surface area contributed by atoms with Crippen molar-refractivity contribution in [2.75, 3.05) is 20.1 Å². The van der Waals surface area contributed by atoms with Gasteiger partial charge in [-0.15, -0.1) is 11.3 Å². The number of hydrogen-bond donors (Lipinski definition) is 0. The molecule has 0 bridgehead atoms. The molecule has 2 heteroatoms. The number of rotatable bonds is 3. The largest absolute Gasteiger partial charge is 0.305 e. The second-order valence-corrected chi connectivity index (χ2v) is 7.42. The highest BCUT2D eigenvalue weighted by atomic mass is 32.1.